The molecule has 0 saturated heterocycles. The average molecular weight is 309 g/mol. The highest BCUT2D eigenvalue weighted by Gasteiger charge is 2.25. The Labute approximate surface area is 134 Å². The van der Waals surface area contributed by atoms with Crippen LogP contribution in [0.3, 0.4) is 0 Å². The summed E-state index contributed by atoms with van der Waals surface area (Å²) in [7, 11) is 0. The highest BCUT2D eigenvalue weighted by atomic mass is 16.1. The fourth-order valence-electron chi connectivity index (χ4n) is 2.30. The van der Waals surface area contributed by atoms with E-state index in [2.05, 4.69) is 10.4 Å². The third-order valence-corrected chi connectivity index (χ3v) is 3.73. The Kier molecular flexibility index (Phi) is 4.66. The largest absolute Gasteiger partial charge is 0.351 e. The Bertz CT molecular complexity index is 761. The van der Waals surface area contributed by atoms with E-state index in [0.29, 0.717) is 19.0 Å². The fraction of sp³-hybridized carbons (Fsp3) is 0.278. The van der Waals surface area contributed by atoms with E-state index in [1.165, 1.54) is 10.8 Å². The minimum Gasteiger partial charge on any atom is -0.351 e. The van der Waals surface area contributed by atoms with Gasteiger partial charge in [0.2, 0.25) is 5.91 Å². The van der Waals surface area contributed by atoms with Crippen LogP contribution >= 0.6 is 0 Å². The smallest absolute Gasteiger partial charge is 0.266 e. The van der Waals surface area contributed by atoms with Gasteiger partial charge in [0.05, 0.1) is 12.2 Å². The van der Waals surface area contributed by atoms with Crippen LogP contribution in [-0.4, -0.2) is 22.2 Å². The lowest BCUT2D eigenvalue weighted by Crippen LogP contribution is -2.31. The molecule has 0 spiro atoms. The first-order valence-electron chi connectivity index (χ1n) is 7.81. The summed E-state index contributed by atoms with van der Waals surface area (Å²) in [6.45, 7) is 0.753. The zero-order chi connectivity index (χ0) is 16.1. The number of carbonyl (C=O) groups is 1. The van der Waals surface area contributed by atoms with Crippen LogP contribution in [0, 0.1) is 0 Å². The van der Waals surface area contributed by atoms with Crippen LogP contribution in [-0.2, 0) is 11.3 Å². The molecule has 23 heavy (non-hydrogen) atoms. The van der Waals surface area contributed by atoms with Crippen molar-refractivity contribution in [1.29, 1.82) is 0 Å². The highest BCUT2D eigenvalue weighted by Crippen LogP contribution is 2.38. The maximum absolute atomic E-state index is 11.8. The Morgan fingerprint density at radius 2 is 2.00 bits per heavy atom. The predicted molar refractivity (Wildman–Crippen MR) is 89.0 cm³/mol. The molecule has 0 radical (unpaired) electrons. The van der Waals surface area contributed by atoms with Crippen LogP contribution in [0.5, 0.6) is 0 Å². The Morgan fingerprint density at radius 3 is 2.74 bits per heavy atom. The minimum absolute atomic E-state index is 0.136. The lowest BCUT2D eigenvalue weighted by atomic mass is 10.2. The zero-order valence-corrected chi connectivity index (χ0v) is 12.8. The van der Waals surface area contributed by atoms with Crippen LogP contribution in [0.2, 0.25) is 0 Å². The molecule has 1 fully saturated rings. The third kappa shape index (κ3) is 4.39. The molecule has 0 unspecified atom stereocenters. The Morgan fingerprint density at radius 1 is 1.22 bits per heavy atom. The van der Waals surface area contributed by atoms with Gasteiger partial charge in [0.15, 0.2) is 0 Å². The quantitative estimate of drug-likeness (QED) is 0.830. The van der Waals surface area contributed by atoms with Gasteiger partial charge >= 0.3 is 0 Å². The minimum atomic E-state index is -0.180. The first-order chi connectivity index (χ1) is 11.2. The molecule has 0 aliphatic heterocycles. The van der Waals surface area contributed by atoms with Crippen LogP contribution in [0.1, 0.15) is 30.0 Å². The molecule has 1 aliphatic rings. The summed E-state index contributed by atoms with van der Waals surface area (Å²) < 4.78 is 1.43. The molecule has 0 atom stereocenters. The second-order valence-electron chi connectivity index (χ2n) is 5.63. The van der Waals surface area contributed by atoms with E-state index in [4.69, 9.17) is 0 Å². The number of nitrogens with zero attached hydrogens (tertiary/aromatic N) is 2. The summed E-state index contributed by atoms with van der Waals surface area (Å²) in [6, 6.07) is 13.0. The van der Waals surface area contributed by atoms with E-state index in [-0.39, 0.29) is 11.5 Å². The second-order valence-corrected chi connectivity index (χ2v) is 5.63. The van der Waals surface area contributed by atoms with E-state index in [9.17, 15) is 9.59 Å². The summed E-state index contributed by atoms with van der Waals surface area (Å²) in [6.07, 6.45) is 5.54. The van der Waals surface area contributed by atoms with Gasteiger partial charge in [0, 0.05) is 24.6 Å². The summed E-state index contributed by atoms with van der Waals surface area (Å²) in [5.41, 5.74) is 1.81. The Hall–Kier alpha value is -2.69. The van der Waals surface area contributed by atoms with Crippen molar-refractivity contribution in [3.8, 4) is 0 Å². The molecule has 0 bridgehead atoms. The summed E-state index contributed by atoms with van der Waals surface area (Å²) in [4.78, 5) is 23.5. The van der Waals surface area contributed by atoms with Crippen molar-refractivity contribution in [3.05, 3.63) is 70.2 Å². The summed E-state index contributed by atoms with van der Waals surface area (Å²) >= 11 is 0. The number of benzene rings is 1. The first-order valence-corrected chi connectivity index (χ1v) is 7.81. The van der Waals surface area contributed by atoms with E-state index in [1.807, 2.05) is 30.3 Å². The normalized spacial score (nSPS) is 14.1. The van der Waals surface area contributed by atoms with Crippen LogP contribution in [0.15, 0.2) is 53.3 Å². The number of aromatic nitrogens is 2. The summed E-state index contributed by atoms with van der Waals surface area (Å²) in [5, 5.41) is 7.13. The van der Waals surface area contributed by atoms with E-state index in [1.54, 1.807) is 18.2 Å². The van der Waals surface area contributed by atoms with Crippen molar-refractivity contribution in [3.63, 3.8) is 0 Å². The third-order valence-electron chi connectivity index (χ3n) is 3.73. The fourth-order valence-corrected chi connectivity index (χ4v) is 2.30. The standard InChI is InChI=1S/C18H19N3O2/c22-17(10-6-14-4-2-1-3-5-14)19-12-13-21-18(23)11-9-16(20-21)15-7-8-15/h1-6,9-11,15H,7-8,12-13H2,(H,19,22)/b10-6+. The number of rotatable bonds is 6. The maximum Gasteiger partial charge on any atom is 0.266 e. The zero-order valence-electron chi connectivity index (χ0n) is 12.8. The van der Waals surface area contributed by atoms with Gasteiger partial charge < -0.3 is 5.32 Å². The molecular weight excluding hydrogens is 290 g/mol. The lowest BCUT2D eigenvalue weighted by Gasteiger charge is -2.06. The maximum atomic E-state index is 11.8. The molecule has 118 valence electrons. The summed E-state index contributed by atoms with van der Waals surface area (Å²) in [5.74, 6) is 0.325. The van der Waals surface area contributed by atoms with Gasteiger partial charge in [-0.3, -0.25) is 9.59 Å². The monoisotopic (exact) mass is 309 g/mol. The second kappa shape index (κ2) is 7.05. The van der Waals surface area contributed by atoms with Gasteiger partial charge in [-0.2, -0.15) is 5.10 Å². The SMILES string of the molecule is O=C(/C=C/c1ccccc1)NCCn1nc(C2CC2)ccc1=O. The molecule has 1 aromatic carbocycles. The molecule has 1 aliphatic carbocycles. The van der Waals surface area contributed by atoms with Gasteiger partial charge in [-0.25, -0.2) is 4.68 Å². The van der Waals surface area contributed by atoms with E-state index in [0.717, 1.165) is 24.1 Å². The molecule has 1 amide bonds. The average Bonchev–Trinajstić information content (AvgIpc) is 3.41. The molecule has 1 N–H and O–H groups in total. The van der Waals surface area contributed by atoms with E-state index < -0.39 is 0 Å². The number of nitrogens with one attached hydrogen (secondary N) is 1. The van der Waals surface area contributed by atoms with Crippen LogP contribution in [0.25, 0.3) is 6.08 Å². The Balaban J connectivity index is 1.51. The molecule has 3 rings (SSSR count). The van der Waals surface area contributed by atoms with E-state index >= 15 is 0 Å². The first kappa shape index (κ1) is 15.2. The topological polar surface area (TPSA) is 64.0 Å². The molecule has 1 saturated carbocycles. The van der Waals surface area contributed by atoms with Crippen molar-refractivity contribution in [2.24, 2.45) is 0 Å². The van der Waals surface area contributed by atoms with Crippen molar-refractivity contribution in [2.75, 3.05) is 6.54 Å². The molecule has 1 aromatic heterocycles. The van der Waals surface area contributed by atoms with Crippen LogP contribution in [0.4, 0.5) is 0 Å². The number of hydrogen-bond acceptors (Lipinski definition) is 3. The van der Waals surface area contributed by atoms with Crippen LogP contribution < -0.4 is 10.9 Å². The van der Waals surface area contributed by atoms with Crippen molar-refractivity contribution in [1.82, 2.24) is 15.1 Å². The predicted octanol–water partition coefficient (Wildman–Crippen LogP) is 1.95. The van der Waals surface area contributed by atoms with Gasteiger partial charge in [-0.15, -0.1) is 0 Å². The highest BCUT2D eigenvalue weighted by molar-refractivity contribution is 5.91. The number of carbonyl (C=O) groups excluding carboxylic acids is 1. The molecular formula is C18H19N3O2. The van der Waals surface area contributed by atoms with Gasteiger partial charge in [-0.1, -0.05) is 30.3 Å². The van der Waals surface area contributed by atoms with Gasteiger partial charge in [-0.05, 0) is 30.5 Å². The molecule has 5 heteroatoms. The molecule has 1 heterocycles. The van der Waals surface area contributed by atoms with Gasteiger partial charge in [0.25, 0.3) is 5.56 Å². The lowest BCUT2D eigenvalue weighted by molar-refractivity contribution is -0.116. The van der Waals surface area contributed by atoms with Crippen molar-refractivity contribution < 1.29 is 4.79 Å². The number of hydrogen-bond donors (Lipinski definition) is 1. The molecule has 2 aromatic rings. The van der Waals surface area contributed by atoms with Crippen molar-refractivity contribution in [2.45, 2.75) is 25.3 Å². The van der Waals surface area contributed by atoms with Crippen molar-refractivity contribution >= 4 is 12.0 Å². The molecule has 5 nitrogen and oxygen atoms in total. The number of amides is 1. The van der Waals surface area contributed by atoms with Gasteiger partial charge in [0.1, 0.15) is 0 Å².